The molecule has 3 heteroatoms. The number of hydrogen-bond acceptors (Lipinski definition) is 2. The van der Waals surface area contributed by atoms with Gasteiger partial charge in [-0.1, -0.05) is 33.6 Å². The number of sulfone groups is 1. The van der Waals surface area contributed by atoms with E-state index in [0.717, 1.165) is 30.6 Å². The summed E-state index contributed by atoms with van der Waals surface area (Å²) in [6, 6.07) is 0. The smallest absolute Gasteiger partial charge is 0.152 e. The maximum Gasteiger partial charge on any atom is 0.152 e. The highest BCUT2D eigenvalue weighted by atomic mass is 32.2. The van der Waals surface area contributed by atoms with Crippen molar-refractivity contribution in [2.45, 2.75) is 90.2 Å². The van der Waals surface area contributed by atoms with Gasteiger partial charge in [0.15, 0.2) is 9.84 Å². The molecule has 0 amide bonds. The van der Waals surface area contributed by atoms with Crippen molar-refractivity contribution in [3.05, 3.63) is 0 Å². The third kappa shape index (κ3) is 2.43. The first-order chi connectivity index (χ1) is 11.3. The molecule has 0 aromatic heterocycles. The van der Waals surface area contributed by atoms with Gasteiger partial charge < -0.3 is 0 Å². The zero-order valence-corrected chi connectivity index (χ0v) is 16.7. The Morgan fingerprint density at radius 3 is 2.50 bits per heavy atom. The van der Waals surface area contributed by atoms with Crippen LogP contribution in [0.2, 0.25) is 0 Å². The fourth-order valence-electron chi connectivity index (χ4n) is 7.80. The molecule has 4 aliphatic rings. The number of fused-ring (bicyclic) bond motifs is 5. The first-order valence-corrected chi connectivity index (χ1v) is 12.2. The van der Waals surface area contributed by atoms with E-state index in [2.05, 4.69) is 13.8 Å². The van der Waals surface area contributed by atoms with Crippen LogP contribution in [0.3, 0.4) is 0 Å². The number of hydrogen-bond donors (Lipinski definition) is 0. The monoisotopic (exact) mass is 352 g/mol. The molecular weight excluding hydrogens is 316 g/mol. The molecule has 0 heterocycles. The summed E-state index contributed by atoms with van der Waals surface area (Å²) < 4.78 is 25.1. The first kappa shape index (κ1) is 17.4. The van der Waals surface area contributed by atoms with Crippen LogP contribution in [-0.2, 0) is 9.84 Å². The van der Waals surface area contributed by atoms with E-state index in [1.807, 2.05) is 6.92 Å². The van der Waals surface area contributed by atoms with E-state index in [4.69, 9.17) is 0 Å². The second-order valence-electron chi connectivity index (χ2n) is 10.1. The summed E-state index contributed by atoms with van der Waals surface area (Å²) in [5.74, 6) is 3.63. The van der Waals surface area contributed by atoms with Gasteiger partial charge in [-0.15, -0.1) is 0 Å². The minimum atomic E-state index is -2.87. The summed E-state index contributed by atoms with van der Waals surface area (Å²) in [6.45, 7) is 6.86. The highest BCUT2D eigenvalue weighted by Crippen LogP contribution is 2.66. The molecule has 2 nitrogen and oxygen atoms in total. The van der Waals surface area contributed by atoms with Crippen LogP contribution in [0.1, 0.15) is 85.0 Å². The van der Waals surface area contributed by atoms with E-state index < -0.39 is 9.84 Å². The minimum absolute atomic E-state index is 0.0480. The molecule has 0 bridgehead atoms. The van der Waals surface area contributed by atoms with E-state index in [1.165, 1.54) is 51.4 Å². The van der Waals surface area contributed by atoms with Crippen molar-refractivity contribution in [1.29, 1.82) is 0 Å². The molecule has 0 aromatic rings. The molecule has 7 atom stereocenters. The SMILES string of the molecule is CCS(=O)(=O)C1C[C@H]2[C@@H]3CCC4CCCC[C@]4(C)[C@@H]3CC[C@]2(C)C1. The van der Waals surface area contributed by atoms with E-state index >= 15 is 0 Å². The lowest BCUT2D eigenvalue weighted by Gasteiger charge is -2.60. The third-order valence-corrected chi connectivity index (χ3v) is 11.4. The van der Waals surface area contributed by atoms with Crippen LogP contribution >= 0.6 is 0 Å². The van der Waals surface area contributed by atoms with Crippen molar-refractivity contribution in [3.63, 3.8) is 0 Å². The lowest BCUT2D eigenvalue weighted by molar-refractivity contribution is -0.103. The predicted molar refractivity (Wildman–Crippen MR) is 99.6 cm³/mol. The molecular formula is C21H36O2S. The van der Waals surface area contributed by atoms with Gasteiger partial charge in [0.05, 0.1) is 5.25 Å². The summed E-state index contributed by atoms with van der Waals surface area (Å²) in [6.07, 6.45) is 13.1. The van der Waals surface area contributed by atoms with Gasteiger partial charge in [0.2, 0.25) is 0 Å². The summed E-state index contributed by atoms with van der Waals surface area (Å²) in [7, 11) is -2.87. The van der Waals surface area contributed by atoms with Crippen LogP contribution in [0, 0.1) is 34.5 Å². The fraction of sp³-hybridized carbons (Fsp3) is 1.00. The van der Waals surface area contributed by atoms with E-state index in [-0.39, 0.29) is 5.25 Å². The van der Waals surface area contributed by atoms with Crippen LogP contribution in [0.4, 0.5) is 0 Å². The molecule has 4 aliphatic carbocycles. The summed E-state index contributed by atoms with van der Waals surface area (Å²) in [5, 5.41) is -0.0480. The van der Waals surface area contributed by atoms with Gasteiger partial charge in [0, 0.05) is 5.75 Å². The zero-order chi connectivity index (χ0) is 17.2. The molecule has 4 saturated carbocycles. The van der Waals surface area contributed by atoms with E-state index in [1.54, 1.807) is 0 Å². The lowest BCUT2D eigenvalue weighted by atomic mass is 9.45. The van der Waals surface area contributed by atoms with E-state index in [9.17, 15) is 8.42 Å². The Morgan fingerprint density at radius 2 is 1.75 bits per heavy atom. The average Bonchev–Trinajstić information content (AvgIpc) is 2.93. The molecule has 0 saturated heterocycles. The highest BCUT2D eigenvalue weighted by Gasteiger charge is 2.59. The van der Waals surface area contributed by atoms with Gasteiger partial charge in [-0.25, -0.2) is 8.42 Å². The average molecular weight is 353 g/mol. The van der Waals surface area contributed by atoms with Gasteiger partial charge in [-0.05, 0) is 85.9 Å². The van der Waals surface area contributed by atoms with Crippen LogP contribution in [0.25, 0.3) is 0 Å². The second-order valence-corrected chi connectivity index (χ2v) is 12.7. The van der Waals surface area contributed by atoms with Crippen molar-refractivity contribution >= 4 is 9.84 Å². The minimum Gasteiger partial charge on any atom is -0.229 e. The van der Waals surface area contributed by atoms with Crippen LogP contribution in [0.5, 0.6) is 0 Å². The molecule has 0 spiro atoms. The Hall–Kier alpha value is -0.0500. The Bertz CT molecular complexity index is 597. The van der Waals surface area contributed by atoms with Gasteiger partial charge in [0.1, 0.15) is 0 Å². The molecule has 138 valence electrons. The summed E-state index contributed by atoms with van der Waals surface area (Å²) in [4.78, 5) is 0. The fourth-order valence-corrected chi connectivity index (χ4v) is 9.40. The molecule has 4 rings (SSSR count). The summed E-state index contributed by atoms with van der Waals surface area (Å²) in [5.41, 5.74) is 0.857. The maximum atomic E-state index is 12.5. The molecule has 2 unspecified atom stereocenters. The third-order valence-electron chi connectivity index (χ3n) is 9.22. The predicted octanol–water partition coefficient (Wildman–Crippen LogP) is 5.22. The molecule has 0 aliphatic heterocycles. The second kappa shape index (κ2) is 5.72. The standard InChI is InChI=1S/C21H36O2S/c1-4-24(22,23)16-13-19-17-9-8-15-7-5-6-11-21(15,3)18(17)10-12-20(19,2)14-16/h15-19H,4-14H2,1-3H3/t15?,16?,17-,18-,19+,20-,21+/m1/s1. The van der Waals surface area contributed by atoms with Crippen LogP contribution < -0.4 is 0 Å². The molecule has 4 fully saturated rings. The van der Waals surface area contributed by atoms with Gasteiger partial charge in [0.25, 0.3) is 0 Å². The van der Waals surface area contributed by atoms with Crippen molar-refractivity contribution in [3.8, 4) is 0 Å². The van der Waals surface area contributed by atoms with Gasteiger partial charge in [-0.2, -0.15) is 0 Å². The Balaban J connectivity index is 1.62. The maximum absolute atomic E-state index is 12.5. The highest BCUT2D eigenvalue weighted by molar-refractivity contribution is 7.92. The molecule has 24 heavy (non-hydrogen) atoms. The quantitative estimate of drug-likeness (QED) is 0.682. The Morgan fingerprint density at radius 1 is 0.958 bits per heavy atom. The van der Waals surface area contributed by atoms with Gasteiger partial charge in [-0.3, -0.25) is 0 Å². The van der Waals surface area contributed by atoms with Crippen molar-refractivity contribution in [2.24, 2.45) is 34.5 Å². The summed E-state index contributed by atoms with van der Waals surface area (Å²) >= 11 is 0. The van der Waals surface area contributed by atoms with Crippen molar-refractivity contribution in [2.75, 3.05) is 5.75 Å². The zero-order valence-electron chi connectivity index (χ0n) is 15.9. The normalized spacial score (nSPS) is 51.5. The lowest BCUT2D eigenvalue weighted by Crippen LogP contribution is -2.51. The first-order valence-electron chi connectivity index (χ1n) is 10.5. The van der Waals surface area contributed by atoms with Crippen LogP contribution in [-0.4, -0.2) is 19.4 Å². The van der Waals surface area contributed by atoms with E-state index in [0.29, 0.717) is 22.5 Å². The topological polar surface area (TPSA) is 34.1 Å². The molecule has 0 N–H and O–H groups in total. The Kier molecular flexibility index (Phi) is 4.14. The molecule has 0 aromatic carbocycles. The Labute approximate surface area is 149 Å². The number of rotatable bonds is 2. The van der Waals surface area contributed by atoms with Crippen molar-refractivity contribution in [1.82, 2.24) is 0 Å². The molecule has 0 radical (unpaired) electrons. The largest absolute Gasteiger partial charge is 0.229 e. The van der Waals surface area contributed by atoms with Gasteiger partial charge >= 0.3 is 0 Å². The van der Waals surface area contributed by atoms with Crippen LogP contribution in [0.15, 0.2) is 0 Å². The van der Waals surface area contributed by atoms with Crippen molar-refractivity contribution < 1.29 is 8.42 Å².